The Kier molecular flexibility index (Phi) is 4.43. The van der Waals surface area contributed by atoms with Gasteiger partial charge in [0.1, 0.15) is 7.11 Å². The molecule has 30 heavy (non-hydrogen) atoms. The van der Waals surface area contributed by atoms with Crippen molar-refractivity contribution in [3.8, 4) is 0 Å². The fraction of sp³-hybridized carbons (Fsp3) is 0.958. The molecule has 6 heteroatoms. The molecule has 6 atom stereocenters. The minimum absolute atomic E-state index is 0.111. The average Bonchev–Trinajstić information content (AvgIpc) is 3.45. The number of fused-ring (bicyclic) bond motifs is 6. The summed E-state index contributed by atoms with van der Waals surface area (Å²) in [7, 11) is 1.69. The molecule has 6 nitrogen and oxygen atoms in total. The lowest BCUT2D eigenvalue weighted by Crippen LogP contribution is -2.60. The molecule has 0 amide bonds. The lowest BCUT2D eigenvalue weighted by molar-refractivity contribution is -0.249. The zero-order valence-corrected chi connectivity index (χ0v) is 18.8. The molecule has 6 fully saturated rings. The zero-order chi connectivity index (χ0) is 20.6. The molecule has 0 radical (unpaired) electrons. The topological polar surface area (TPSA) is 58.5 Å². The first-order valence-electron chi connectivity index (χ1n) is 12.1. The first-order chi connectivity index (χ1) is 14.5. The van der Waals surface area contributed by atoms with Gasteiger partial charge in [0.2, 0.25) is 0 Å². The molecule has 0 N–H and O–H groups in total. The summed E-state index contributed by atoms with van der Waals surface area (Å²) in [5.41, 5.74) is 1.58. The Morgan fingerprint density at radius 3 is 2.30 bits per heavy atom. The molecule has 2 spiro atoms. The highest BCUT2D eigenvalue weighted by molar-refractivity contribution is 5.88. The standard InChI is InChI=1S/C24H37NO5/c1-21-8-9-23(27-10-11-28-23)15-19(21)20(25-26-3)14-16-17(21)4-6-22(2)18(16)5-7-24(22)29-12-13-30-24/h16-19H,4-15H2,1-3H3/b25-20+/t16?,17?,18?,19-,21-,22+/m1/s1. The quantitative estimate of drug-likeness (QED) is 0.598. The van der Waals surface area contributed by atoms with E-state index < -0.39 is 5.79 Å². The van der Waals surface area contributed by atoms with Crippen molar-refractivity contribution in [2.24, 2.45) is 39.7 Å². The van der Waals surface area contributed by atoms with Gasteiger partial charge < -0.3 is 23.8 Å². The summed E-state index contributed by atoms with van der Waals surface area (Å²) in [5, 5.41) is 4.63. The number of nitrogens with zero attached hydrogens (tertiary/aromatic N) is 1. The second-order valence-electron chi connectivity index (χ2n) is 11.2. The summed E-state index contributed by atoms with van der Waals surface area (Å²) in [5.74, 6) is 1.61. The third-order valence-corrected chi connectivity index (χ3v) is 10.3. The molecule has 168 valence electrons. The van der Waals surface area contributed by atoms with Gasteiger partial charge in [-0.15, -0.1) is 0 Å². The predicted octanol–water partition coefficient (Wildman–Crippen LogP) is 4.13. The lowest BCUT2D eigenvalue weighted by atomic mass is 9.44. The first-order valence-corrected chi connectivity index (χ1v) is 12.1. The maximum absolute atomic E-state index is 6.31. The van der Waals surface area contributed by atoms with E-state index in [1.807, 2.05) is 0 Å². The third kappa shape index (κ3) is 2.48. The summed E-state index contributed by atoms with van der Waals surface area (Å²) in [4.78, 5) is 5.39. The van der Waals surface area contributed by atoms with Crippen LogP contribution in [0.15, 0.2) is 5.16 Å². The Hall–Kier alpha value is -0.690. The number of hydrogen-bond donors (Lipinski definition) is 0. The Morgan fingerprint density at radius 2 is 1.57 bits per heavy atom. The van der Waals surface area contributed by atoms with E-state index in [1.54, 1.807) is 7.11 Å². The molecule has 2 heterocycles. The number of rotatable bonds is 1. The molecule has 0 bridgehead atoms. The molecule has 2 aliphatic heterocycles. The molecular weight excluding hydrogens is 382 g/mol. The minimum atomic E-state index is -0.391. The van der Waals surface area contributed by atoms with Crippen LogP contribution in [0.1, 0.15) is 65.2 Å². The molecule has 4 aliphatic carbocycles. The van der Waals surface area contributed by atoms with Crippen LogP contribution in [-0.4, -0.2) is 50.8 Å². The second kappa shape index (κ2) is 6.66. The van der Waals surface area contributed by atoms with Gasteiger partial charge in [0.25, 0.3) is 0 Å². The zero-order valence-electron chi connectivity index (χ0n) is 18.8. The van der Waals surface area contributed by atoms with Gasteiger partial charge in [-0.05, 0) is 55.3 Å². The van der Waals surface area contributed by atoms with Crippen molar-refractivity contribution in [3.05, 3.63) is 0 Å². The highest BCUT2D eigenvalue weighted by atomic mass is 16.7. The van der Waals surface area contributed by atoms with Crippen LogP contribution in [0.25, 0.3) is 0 Å². The normalized spacial score (nSPS) is 49.9. The summed E-state index contributed by atoms with van der Waals surface area (Å²) in [6.07, 6.45) is 8.81. The fourth-order valence-corrected chi connectivity index (χ4v) is 8.86. The fourth-order valence-electron chi connectivity index (χ4n) is 8.86. The van der Waals surface area contributed by atoms with Gasteiger partial charge in [0.05, 0.1) is 32.1 Å². The van der Waals surface area contributed by atoms with Crippen LogP contribution in [0.4, 0.5) is 0 Å². The monoisotopic (exact) mass is 419 g/mol. The Labute approximate surface area is 180 Å². The largest absolute Gasteiger partial charge is 0.399 e. The van der Waals surface area contributed by atoms with Crippen molar-refractivity contribution >= 4 is 5.71 Å². The smallest absolute Gasteiger partial charge is 0.174 e. The van der Waals surface area contributed by atoms with Crippen molar-refractivity contribution in [3.63, 3.8) is 0 Å². The van der Waals surface area contributed by atoms with Gasteiger partial charge in [0.15, 0.2) is 11.6 Å². The van der Waals surface area contributed by atoms with E-state index in [4.69, 9.17) is 23.8 Å². The third-order valence-electron chi connectivity index (χ3n) is 10.3. The molecule has 3 unspecified atom stereocenters. The summed E-state index contributed by atoms with van der Waals surface area (Å²) >= 11 is 0. The molecular formula is C24H37NO5. The van der Waals surface area contributed by atoms with Crippen molar-refractivity contribution in [1.29, 1.82) is 0 Å². The molecule has 6 aliphatic rings. The summed E-state index contributed by atoms with van der Waals surface area (Å²) in [6.45, 7) is 7.90. The van der Waals surface area contributed by atoms with E-state index in [0.29, 0.717) is 23.7 Å². The van der Waals surface area contributed by atoms with E-state index >= 15 is 0 Å². The van der Waals surface area contributed by atoms with E-state index in [0.717, 1.165) is 58.5 Å². The summed E-state index contributed by atoms with van der Waals surface area (Å²) < 4.78 is 24.9. The molecule has 0 aromatic carbocycles. The van der Waals surface area contributed by atoms with Crippen LogP contribution in [0.3, 0.4) is 0 Å². The van der Waals surface area contributed by atoms with Crippen molar-refractivity contribution in [1.82, 2.24) is 0 Å². The van der Waals surface area contributed by atoms with Crippen molar-refractivity contribution < 1.29 is 23.8 Å². The second-order valence-corrected chi connectivity index (χ2v) is 11.2. The molecule has 0 aromatic rings. The lowest BCUT2D eigenvalue weighted by Gasteiger charge is -2.62. The maximum atomic E-state index is 6.31. The van der Waals surface area contributed by atoms with E-state index in [9.17, 15) is 0 Å². The Morgan fingerprint density at radius 1 is 0.867 bits per heavy atom. The molecule has 6 rings (SSSR count). The van der Waals surface area contributed by atoms with Gasteiger partial charge in [-0.2, -0.15) is 0 Å². The minimum Gasteiger partial charge on any atom is -0.399 e. The van der Waals surface area contributed by atoms with Crippen LogP contribution < -0.4 is 0 Å². The van der Waals surface area contributed by atoms with Crippen molar-refractivity contribution in [2.75, 3.05) is 33.5 Å². The van der Waals surface area contributed by atoms with Gasteiger partial charge in [-0.1, -0.05) is 19.0 Å². The van der Waals surface area contributed by atoms with E-state index in [-0.39, 0.29) is 16.6 Å². The van der Waals surface area contributed by atoms with Crippen LogP contribution in [0, 0.1) is 34.5 Å². The maximum Gasteiger partial charge on any atom is 0.174 e. The predicted molar refractivity (Wildman–Crippen MR) is 111 cm³/mol. The number of hydrogen-bond acceptors (Lipinski definition) is 6. The number of ether oxygens (including phenoxy) is 4. The van der Waals surface area contributed by atoms with Crippen LogP contribution in [0.5, 0.6) is 0 Å². The van der Waals surface area contributed by atoms with Gasteiger partial charge in [0, 0.05) is 30.6 Å². The van der Waals surface area contributed by atoms with Gasteiger partial charge in [-0.25, -0.2) is 0 Å². The molecule has 0 aromatic heterocycles. The SMILES string of the molecule is CO/N=C1\CC2C3CCC4(OCCO4)[C@@]3(C)CCC2[C@@]2(C)CCC3(C[C@H]12)OCCO3. The van der Waals surface area contributed by atoms with Crippen molar-refractivity contribution in [2.45, 2.75) is 76.8 Å². The van der Waals surface area contributed by atoms with Crippen LogP contribution in [0.2, 0.25) is 0 Å². The highest BCUT2D eigenvalue weighted by Gasteiger charge is 2.68. The molecule has 2 saturated heterocycles. The average molecular weight is 420 g/mol. The van der Waals surface area contributed by atoms with Crippen LogP contribution in [-0.2, 0) is 23.8 Å². The number of oxime groups is 1. The van der Waals surface area contributed by atoms with Gasteiger partial charge >= 0.3 is 0 Å². The van der Waals surface area contributed by atoms with E-state index in [1.165, 1.54) is 25.0 Å². The summed E-state index contributed by atoms with van der Waals surface area (Å²) in [6, 6.07) is 0. The highest BCUT2D eigenvalue weighted by Crippen LogP contribution is 2.69. The Balaban J connectivity index is 1.35. The van der Waals surface area contributed by atoms with E-state index in [2.05, 4.69) is 19.0 Å². The van der Waals surface area contributed by atoms with Gasteiger partial charge in [-0.3, -0.25) is 0 Å². The first kappa shape index (κ1) is 20.0. The Bertz CT molecular complexity index is 727. The van der Waals surface area contributed by atoms with Crippen LogP contribution >= 0.6 is 0 Å². The molecule has 4 saturated carbocycles.